The van der Waals surface area contributed by atoms with Crippen LogP contribution in [0.4, 0.5) is 4.39 Å². The van der Waals surface area contributed by atoms with Crippen molar-refractivity contribution in [2.75, 3.05) is 6.67 Å². The number of rotatable bonds is 11. The fraction of sp³-hybridized carbons (Fsp3) is 0.0769. The molecular formula is C52H41FN6. The topological polar surface area (TPSA) is 77.3 Å². The maximum absolute atomic E-state index is 12.7. The van der Waals surface area contributed by atoms with Crippen LogP contribution in [-0.2, 0) is 0 Å². The molecule has 8 aromatic rings. The Morgan fingerprint density at radius 2 is 0.864 bits per heavy atom. The highest BCUT2D eigenvalue weighted by Gasteiger charge is 2.14. The molecule has 2 heterocycles. The van der Waals surface area contributed by atoms with Gasteiger partial charge in [-0.25, -0.2) is 34.3 Å². The van der Waals surface area contributed by atoms with Crippen LogP contribution in [0.1, 0.15) is 36.4 Å². The first-order chi connectivity index (χ1) is 28.9. The predicted molar refractivity (Wildman–Crippen MR) is 239 cm³/mol. The first-order valence-electron chi connectivity index (χ1n) is 19.5. The van der Waals surface area contributed by atoms with Crippen molar-refractivity contribution >= 4 is 17.2 Å². The second-order valence-electron chi connectivity index (χ2n) is 14.2. The molecular weight excluding hydrogens is 728 g/mol. The van der Waals surface area contributed by atoms with Crippen LogP contribution in [0, 0.1) is 6.92 Å². The summed E-state index contributed by atoms with van der Waals surface area (Å²) in [6.45, 7) is 5.67. The van der Waals surface area contributed by atoms with Crippen molar-refractivity contribution in [1.82, 2.24) is 29.9 Å². The zero-order valence-corrected chi connectivity index (χ0v) is 33.1. The van der Waals surface area contributed by atoms with Crippen LogP contribution in [0.15, 0.2) is 176 Å². The average molecular weight is 769 g/mol. The molecule has 0 aliphatic carbocycles. The highest BCUT2D eigenvalue weighted by atomic mass is 19.1. The molecule has 0 aliphatic rings. The minimum absolute atomic E-state index is 0.528. The molecule has 0 aliphatic heterocycles. The summed E-state index contributed by atoms with van der Waals surface area (Å²) in [7, 11) is 0. The van der Waals surface area contributed by atoms with Crippen molar-refractivity contribution in [1.29, 1.82) is 0 Å². The van der Waals surface area contributed by atoms with E-state index in [0.29, 0.717) is 34.9 Å². The maximum Gasteiger partial charge on any atom is 0.164 e. The molecule has 59 heavy (non-hydrogen) atoms. The van der Waals surface area contributed by atoms with Crippen molar-refractivity contribution in [2.24, 2.45) is 0 Å². The number of benzene rings is 6. The maximum atomic E-state index is 12.7. The van der Waals surface area contributed by atoms with Crippen LogP contribution in [0.5, 0.6) is 0 Å². The standard InChI is InChI=1S/C52H41FN6/c1-35(15-13-14-32-53)47-54-48(40-16-7-4-8-17-40)56-51(55-47)44-28-24-39(25-29-44)46-31-30-45(37(3)34-46)33-36(2)38-22-26-43(27-23-38)52-58-49(41-18-9-5-10-19-41)57-50(59-52)42-20-11-6-12-21-42/h4-31,33-34H,32H2,1-3H3/b14-13-,35-15+,36-33+. The zero-order chi connectivity index (χ0) is 40.6. The lowest BCUT2D eigenvalue weighted by Crippen LogP contribution is -2.01. The Hall–Kier alpha value is -7.51. The number of aryl methyl sites for hydroxylation is 1. The van der Waals surface area contributed by atoms with E-state index in [-0.39, 0.29) is 0 Å². The summed E-state index contributed by atoms with van der Waals surface area (Å²) < 4.78 is 12.7. The van der Waals surface area contributed by atoms with Gasteiger partial charge in [-0.1, -0.05) is 182 Å². The Kier molecular flexibility index (Phi) is 11.5. The van der Waals surface area contributed by atoms with E-state index in [0.717, 1.165) is 61.2 Å². The van der Waals surface area contributed by atoms with Crippen LogP contribution in [0.25, 0.3) is 85.3 Å². The van der Waals surface area contributed by atoms with Crippen LogP contribution in [-0.4, -0.2) is 36.6 Å². The molecule has 0 radical (unpaired) electrons. The van der Waals surface area contributed by atoms with Gasteiger partial charge in [0, 0.05) is 27.8 Å². The van der Waals surface area contributed by atoms with E-state index in [9.17, 15) is 4.39 Å². The second kappa shape index (κ2) is 17.7. The number of alkyl halides is 1. The minimum Gasteiger partial charge on any atom is -0.247 e. The largest absolute Gasteiger partial charge is 0.247 e. The van der Waals surface area contributed by atoms with Gasteiger partial charge in [0.15, 0.2) is 34.9 Å². The lowest BCUT2D eigenvalue weighted by molar-refractivity contribution is 0.562. The van der Waals surface area contributed by atoms with Crippen molar-refractivity contribution < 1.29 is 4.39 Å². The third-order valence-corrected chi connectivity index (χ3v) is 10.0. The molecule has 0 bridgehead atoms. The van der Waals surface area contributed by atoms with Crippen LogP contribution in [0.2, 0.25) is 0 Å². The first kappa shape index (κ1) is 38.4. The summed E-state index contributed by atoms with van der Waals surface area (Å²) >= 11 is 0. The number of nitrogens with zero attached hydrogens (tertiary/aromatic N) is 6. The summed E-state index contributed by atoms with van der Waals surface area (Å²) in [6, 6.07) is 53.1. The molecule has 6 nitrogen and oxygen atoms in total. The normalized spacial score (nSPS) is 11.9. The predicted octanol–water partition coefficient (Wildman–Crippen LogP) is 12.9. The smallest absolute Gasteiger partial charge is 0.164 e. The van der Waals surface area contributed by atoms with Gasteiger partial charge in [-0.3, -0.25) is 0 Å². The van der Waals surface area contributed by atoms with Gasteiger partial charge in [0.2, 0.25) is 0 Å². The van der Waals surface area contributed by atoms with Gasteiger partial charge in [-0.05, 0) is 59.7 Å². The monoisotopic (exact) mass is 768 g/mol. The van der Waals surface area contributed by atoms with E-state index in [1.165, 1.54) is 11.6 Å². The fourth-order valence-electron chi connectivity index (χ4n) is 6.70. The number of aromatic nitrogens is 6. The first-order valence-corrected chi connectivity index (χ1v) is 19.5. The van der Waals surface area contributed by atoms with Gasteiger partial charge in [-0.2, -0.15) is 0 Å². The van der Waals surface area contributed by atoms with E-state index in [1.54, 1.807) is 6.08 Å². The van der Waals surface area contributed by atoms with E-state index in [2.05, 4.69) is 74.5 Å². The van der Waals surface area contributed by atoms with Gasteiger partial charge < -0.3 is 0 Å². The van der Waals surface area contributed by atoms with Crippen molar-refractivity contribution in [3.63, 3.8) is 0 Å². The second-order valence-corrected chi connectivity index (χ2v) is 14.2. The van der Waals surface area contributed by atoms with Gasteiger partial charge >= 0.3 is 0 Å². The third kappa shape index (κ3) is 9.06. The van der Waals surface area contributed by atoms with Crippen molar-refractivity contribution in [3.8, 4) is 68.1 Å². The van der Waals surface area contributed by atoms with Crippen LogP contribution in [0.3, 0.4) is 0 Å². The van der Waals surface area contributed by atoms with Crippen molar-refractivity contribution in [3.05, 3.63) is 198 Å². The number of allylic oxidation sites excluding steroid dienone is 5. The molecule has 0 atom stereocenters. The highest BCUT2D eigenvalue weighted by molar-refractivity contribution is 5.83. The number of halogens is 1. The summed E-state index contributed by atoms with van der Waals surface area (Å²) in [5, 5.41) is 0. The van der Waals surface area contributed by atoms with Gasteiger partial charge in [0.05, 0.1) is 0 Å². The molecule has 286 valence electrons. The number of hydrogen-bond donors (Lipinski definition) is 0. The van der Waals surface area contributed by atoms with E-state index < -0.39 is 6.67 Å². The van der Waals surface area contributed by atoms with Crippen LogP contribution >= 0.6 is 0 Å². The zero-order valence-electron chi connectivity index (χ0n) is 33.1. The van der Waals surface area contributed by atoms with Gasteiger partial charge in [0.25, 0.3) is 0 Å². The summed E-state index contributed by atoms with van der Waals surface area (Å²) in [4.78, 5) is 29.0. The Balaban J connectivity index is 1.02. The molecule has 8 rings (SSSR count). The molecule has 0 N–H and O–H groups in total. The Morgan fingerprint density at radius 3 is 1.32 bits per heavy atom. The molecule has 0 amide bonds. The third-order valence-electron chi connectivity index (χ3n) is 10.0. The molecule has 7 heteroatoms. The van der Waals surface area contributed by atoms with Gasteiger partial charge in [-0.15, -0.1) is 0 Å². The van der Waals surface area contributed by atoms with Gasteiger partial charge in [0.1, 0.15) is 6.67 Å². The van der Waals surface area contributed by atoms with Crippen molar-refractivity contribution in [2.45, 2.75) is 20.8 Å². The Bertz CT molecular complexity index is 2740. The minimum atomic E-state index is -0.528. The van der Waals surface area contributed by atoms with Crippen LogP contribution < -0.4 is 0 Å². The quantitative estimate of drug-likeness (QED) is 0.0963. The molecule has 2 aromatic heterocycles. The Labute approximate surface area is 344 Å². The summed E-state index contributed by atoms with van der Waals surface area (Å²) in [5.74, 6) is 3.62. The molecule has 0 unspecified atom stereocenters. The lowest BCUT2D eigenvalue weighted by Gasteiger charge is -2.11. The SMILES string of the molecule is C/C(=C\c1ccc(-c2ccc(-c3nc(/C(C)=C/C=C\CF)nc(-c4ccccc4)n3)cc2)cc1C)c1ccc(-c2nc(-c3ccccc3)nc(-c3ccccc3)n2)cc1. The molecule has 0 saturated heterocycles. The lowest BCUT2D eigenvalue weighted by atomic mass is 9.96. The highest BCUT2D eigenvalue weighted by Crippen LogP contribution is 2.30. The summed E-state index contributed by atoms with van der Waals surface area (Å²) in [5.41, 5.74) is 12.2. The van der Waals surface area contributed by atoms with E-state index >= 15 is 0 Å². The average Bonchev–Trinajstić information content (AvgIpc) is 3.30. The Morgan fingerprint density at radius 1 is 0.458 bits per heavy atom. The van der Waals surface area contributed by atoms with E-state index in [1.807, 2.05) is 116 Å². The molecule has 0 spiro atoms. The fourth-order valence-corrected chi connectivity index (χ4v) is 6.70. The van der Waals surface area contributed by atoms with E-state index in [4.69, 9.17) is 29.9 Å². The molecule has 0 fully saturated rings. The summed E-state index contributed by atoms with van der Waals surface area (Å²) in [6.07, 6.45) is 7.18. The number of hydrogen-bond acceptors (Lipinski definition) is 6. The molecule has 6 aromatic carbocycles. The molecule has 0 saturated carbocycles.